The monoisotopic (exact) mass is 217 g/mol. The molecule has 0 saturated carbocycles. The summed E-state index contributed by atoms with van der Waals surface area (Å²) in [5.41, 5.74) is 0. The smallest absolute Gasteiger partial charge is 0.315 e. The van der Waals surface area contributed by atoms with Crippen LogP contribution in [0.5, 0.6) is 0 Å². The number of carbonyl (C=O) groups excluding carboxylic acids is 2. The largest absolute Gasteiger partial charge is 0.481 e. The SMILES string of the molecule is CN(C)C(=O)CNC(=O)NCCC(=O)O. The lowest BCUT2D eigenvalue weighted by Crippen LogP contribution is -2.42. The molecule has 0 aromatic carbocycles. The lowest BCUT2D eigenvalue weighted by molar-refractivity contribution is -0.136. The summed E-state index contributed by atoms with van der Waals surface area (Å²) in [5.74, 6) is -1.22. The third-order valence-electron chi connectivity index (χ3n) is 1.52. The van der Waals surface area contributed by atoms with Gasteiger partial charge in [0.25, 0.3) is 0 Å². The highest BCUT2D eigenvalue weighted by molar-refractivity contribution is 5.83. The summed E-state index contributed by atoms with van der Waals surface area (Å²) in [5, 5.41) is 12.9. The minimum atomic E-state index is -0.986. The second-order valence-corrected chi connectivity index (χ2v) is 3.04. The van der Waals surface area contributed by atoms with Gasteiger partial charge in [-0.05, 0) is 0 Å². The van der Waals surface area contributed by atoms with Crippen molar-refractivity contribution in [2.24, 2.45) is 0 Å². The minimum absolute atomic E-state index is 0.0390. The number of hydrogen-bond acceptors (Lipinski definition) is 3. The Labute approximate surface area is 87.4 Å². The number of nitrogens with zero attached hydrogens (tertiary/aromatic N) is 1. The quantitative estimate of drug-likeness (QED) is 0.541. The first-order valence-corrected chi connectivity index (χ1v) is 4.37. The number of likely N-dealkylation sites (N-methyl/N-ethyl adjacent to an activating group) is 1. The number of carboxylic acid groups (broad SMARTS) is 1. The topological polar surface area (TPSA) is 98.7 Å². The predicted molar refractivity (Wildman–Crippen MR) is 52.3 cm³/mol. The molecule has 86 valence electrons. The number of amides is 3. The van der Waals surface area contributed by atoms with Gasteiger partial charge in [0, 0.05) is 20.6 Å². The molecule has 0 aliphatic rings. The molecule has 0 rings (SSSR count). The molecule has 0 spiro atoms. The maximum atomic E-state index is 11.0. The molecule has 0 fully saturated rings. The Kier molecular flexibility index (Phi) is 5.84. The standard InChI is InChI=1S/C8H15N3O4/c1-11(2)6(12)5-10-8(15)9-4-3-7(13)14/h3-5H2,1-2H3,(H,13,14)(H2,9,10,15). The zero-order chi connectivity index (χ0) is 11.8. The lowest BCUT2D eigenvalue weighted by Gasteiger charge is -2.11. The van der Waals surface area contributed by atoms with Crippen molar-refractivity contribution in [2.75, 3.05) is 27.2 Å². The highest BCUT2D eigenvalue weighted by Crippen LogP contribution is 1.78. The molecule has 3 N–H and O–H groups in total. The Morgan fingerprint density at radius 3 is 2.27 bits per heavy atom. The Morgan fingerprint density at radius 2 is 1.80 bits per heavy atom. The summed E-state index contributed by atoms with van der Waals surface area (Å²) in [4.78, 5) is 33.4. The fraction of sp³-hybridized carbons (Fsp3) is 0.625. The van der Waals surface area contributed by atoms with E-state index < -0.39 is 12.0 Å². The summed E-state index contributed by atoms with van der Waals surface area (Å²) in [7, 11) is 3.15. The highest BCUT2D eigenvalue weighted by Gasteiger charge is 2.06. The van der Waals surface area contributed by atoms with E-state index in [4.69, 9.17) is 5.11 Å². The van der Waals surface area contributed by atoms with Crippen LogP contribution < -0.4 is 10.6 Å². The first-order valence-electron chi connectivity index (χ1n) is 4.37. The van der Waals surface area contributed by atoms with Crippen molar-refractivity contribution in [2.45, 2.75) is 6.42 Å². The van der Waals surface area contributed by atoms with E-state index in [0.29, 0.717) is 0 Å². The van der Waals surface area contributed by atoms with Crippen molar-refractivity contribution >= 4 is 17.9 Å². The van der Waals surface area contributed by atoms with E-state index in [1.807, 2.05) is 0 Å². The maximum absolute atomic E-state index is 11.0. The molecule has 0 aliphatic carbocycles. The van der Waals surface area contributed by atoms with Gasteiger partial charge in [-0.3, -0.25) is 9.59 Å². The van der Waals surface area contributed by atoms with Gasteiger partial charge >= 0.3 is 12.0 Å². The van der Waals surface area contributed by atoms with Crippen LogP contribution in [0.25, 0.3) is 0 Å². The van der Waals surface area contributed by atoms with Gasteiger partial charge in [0.05, 0.1) is 13.0 Å². The Bertz CT molecular complexity index is 252. The molecule has 0 aliphatic heterocycles. The summed E-state index contributed by atoms with van der Waals surface area (Å²) in [6.45, 7) is -0.0662. The normalized spacial score (nSPS) is 9.20. The van der Waals surface area contributed by atoms with Crippen LogP contribution in [0.2, 0.25) is 0 Å². The molecule has 0 radical (unpaired) electrons. The van der Waals surface area contributed by atoms with Crippen molar-refractivity contribution in [1.29, 1.82) is 0 Å². The summed E-state index contributed by atoms with van der Waals surface area (Å²) in [6, 6.07) is -0.550. The van der Waals surface area contributed by atoms with Crippen LogP contribution in [0, 0.1) is 0 Å². The average molecular weight is 217 g/mol. The first kappa shape index (κ1) is 13.2. The van der Waals surface area contributed by atoms with E-state index >= 15 is 0 Å². The summed E-state index contributed by atoms with van der Waals surface area (Å²) in [6.07, 6.45) is -0.144. The van der Waals surface area contributed by atoms with Crippen molar-refractivity contribution in [3.05, 3.63) is 0 Å². The van der Waals surface area contributed by atoms with Crippen molar-refractivity contribution in [3.8, 4) is 0 Å². The second-order valence-electron chi connectivity index (χ2n) is 3.04. The zero-order valence-electron chi connectivity index (χ0n) is 8.74. The fourth-order valence-electron chi connectivity index (χ4n) is 0.659. The highest BCUT2D eigenvalue weighted by atomic mass is 16.4. The molecule has 7 nitrogen and oxygen atoms in total. The third kappa shape index (κ3) is 7.29. The molecular weight excluding hydrogens is 202 g/mol. The average Bonchev–Trinajstić information content (AvgIpc) is 2.13. The van der Waals surface area contributed by atoms with Gasteiger partial charge < -0.3 is 20.6 Å². The third-order valence-corrected chi connectivity index (χ3v) is 1.52. The van der Waals surface area contributed by atoms with Gasteiger partial charge in [-0.2, -0.15) is 0 Å². The molecular formula is C8H15N3O4. The molecule has 15 heavy (non-hydrogen) atoms. The predicted octanol–water partition coefficient (Wildman–Crippen LogP) is -1.15. The number of urea groups is 1. The lowest BCUT2D eigenvalue weighted by atomic mass is 10.4. The first-order chi connectivity index (χ1) is 6.93. The van der Waals surface area contributed by atoms with Gasteiger partial charge in [-0.15, -0.1) is 0 Å². The van der Waals surface area contributed by atoms with E-state index in [9.17, 15) is 14.4 Å². The minimum Gasteiger partial charge on any atom is -0.481 e. The Morgan fingerprint density at radius 1 is 1.20 bits per heavy atom. The fourth-order valence-corrected chi connectivity index (χ4v) is 0.659. The molecule has 3 amide bonds. The van der Waals surface area contributed by atoms with Crippen LogP contribution in [-0.4, -0.2) is 55.1 Å². The second kappa shape index (κ2) is 6.63. The molecule has 0 saturated heterocycles. The van der Waals surface area contributed by atoms with Crippen LogP contribution >= 0.6 is 0 Å². The van der Waals surface area contributed by atoms with Crippen molar-refractivity contribution < 1.29 is 19.5 Å². The van der Waals surface area contributed by atoms with Gasteiger partial charge in [0.2, 0.25) is 5.91 Å². The van der Waals surface area contributed by atoms with Gasteiger partial charge in [-0.25, -0.2) is 4.79 Å². The van der Waals surface area contributed by atoms with Gasteiger partial charge in [0.15, 0.2) is 0 Å². The number of carboxylic acids is 1. The Balaban J connectivity index is 3.58. The van der Waals surface area contributed by atoms with E-state index in [-0.39, 0.29) is 25.4 Å². The number of aliphatic carboxylic acids is 1. The molecule has 0 unspecified atom stereocenters. The van der Waals surface area contributed by atoms with E-state index in [1.54, 1.807) is 14.1 Å². The number of rotatable bonds is 5. The zero-order valence-corrected chi connectivity index (χ0v) is 8.74. The van der Waals surface area contributed by atoms with E-state index in [0.717, 1.165) is 0 Å². The molecule has 0 atom stereocenters. The number of nitrogens with one attached hydrogen (secondary N) is 2. The van der Waals surface area contributed by atoms with Gasteiger partial charge in [0.1, 0.15) is 0 Å². The Hall–Kier alpha value is -1.79. The van der Waals surface area contributed by atoms with Gasteiger partial charge in [-0.1, -0.05) is 0 Å². The number of carbonyl (C=O) groups is 3. The molecule has 0 heterocycles. The van der Waals surface area contributed by atoms with Crippen molar-refractivity contribution in [1.82, 2.24) is 15.5 Å². The maximum Gasteiger partial charge on any atom is 0.315 e. The molecule has 0 aromatic heterocycles. The van der Waals surface area contributed by atoms with Crippen molar-refractivity contribution in [3.63, 3.8) is 0 Å². The van der Waals surface area contributed by atoms with Crippen LogP contribution in [0.4, 0.5) is 4.79 Å². The molecule has 7 heteroatoms. The molecule has 0 aromatic rings. The number of hydrogen-bond donors (Lipinski definition) is 3. The summed E-state index contributed by atoms with van der Waals surface area (Å²) >= 11 is 0. The molecule has 0 bridgehead atoms. The van der Waals surface area contributed by atoms with E-state index in [1.165, 1.54) is 4.90 Å². The van der Waals surface area contributed by atoms with E-state index in [2.05, 4.69) is 10.6 Å². The van der Waals surface area contributed by atoms with Crippen LogP contribution in [0.15, 0.2) is 0 Å². The summed E-state index contributed by atoms with van der Waals surface area (Å²) < 4.78 is 0. The van der Waals surface area contributed by atoms with Crippen LogP contribution in [0.3, 0.4) is 0 Å². The van der Waals surface area contributed by atoms with Crippen LogP contribution in [-0.2, 0) is 9.59 Å². The van der Waals surface area contributed by atoms with Crippen LogP contribution in [0.1, 0.15) is 6.42 Å².